The molecule has 0 amide bonds. The van der Waals surface area contributed by atoms with E-state index in [0.717, 1.165) is 23.9 Å². The van der Waals surface area contributed by atoms with Crippen molar-refractivity contribution in [2.24, 2.45) is 5.92 Å². The molecule has 0 aliphatic heterocycles. The molecule has 2 rings (SSSR count). The third-order valence-electron chi connectivity index (χ3n) is 4.22. The lowest BCUT2D eigenvalue weighted by molar-refractivity contribution is 0.246. The molecule has 2 aromatic carbocycles. The highest BCUT2D eigenvalue weighted by Crippen LogP contribution is 2.31. The van der Waals surface area contributed by atoms with E-state index in [-0.39, 0.29) is 17.4 Å². The average Bonchev–Trinajstić information content (AvgIpc) is 2.54. The lowest BCUT2D eigenvalue weighted by atomic mass is 10.1. The molecule has 0 saturated carbocycles. The van der Waals surface area contributed by atoms with Gasteiger partial charge in [0.1, 0.15) is 4.90 Å². The molecule has 0 spiro atoms. The van der Waals surface area contributed by atoms with E-state index in [9.17, 15) is 8.42 Å². The van der Waals surface area contributed by atoms with Gasteiger partial charge in [0.2, 0.25) is 0 Å². The van der Waals surface area contributed by atoms with Gasteiger partial charge < -0.3 is 4.90 Å². The molecule has 126 valence electrons. The number of rotatable bonds is 7. The highest BCUT2D eigenvalue weighted by Gasteiger charge is 2.20. The summed E-state index contributed by atoms with van der Waals surface area (Å²) in [5.41, 5.74) is 0.986. The molecule has 0 aromatic heterocycles. The molecule has 0 bridgehead atoms. The molecule has 2 aromatic rings. The normalized spacial score (nSPS) is 12.0. The minimum absolute atomic E-state index is 0.235. The molecule has 0 fully saturated rings. The second kappa shape index (κ2) is 7.32. The fourth-order valence-electron chi connectivity index (χ4n) is 2.65. The SMILES string of the molecule is CCC(CC)COS(=O)(=O)c1cccc2c(N(C)C)cccc12. The van der Waals surface area contributed by atoms with Crippen molar-refractivity contribution in [1.82, 2.24) is 0 Å². The van der Waals surface area contributed by atoms with Crippen molar-refractivity contribution in [2.45, 2.75) is 31.6 Å². The summed E-state index contributed by atoms with van der Waals surface area (Å²) in [6, 6.07) is 11.0. The van der Waals surface area contributed by atoms with Crippen molar-refractivity contribution in [3.8, 4) is 0 Å². The summed E-state index contributed by atoms with van der Waals surface area (Å²) < 4.78 is 30.6. The van der Waals surface area contributed by atoms with Crippen LogP contribution in [0.5, 0.6) is 0 Å². The van der Waals surface area contributed by atoms with E-state index < -0.39 is 10.1 Å². The first-order chi connectivity index (χ1) is 10.9. The van der Waals surface area contributed by atoms with E-state index in [1.807, 2.05) is 57.1 Å². The molecule has 5 heteroatoms. The summed E-state index contributed by atoms with van der Waals surface area (Å²) in [6.45, 7) is 4.33. The number of fused-ring (bicyclic) bond motifs is 1. The molecule has 0 atom stereocenters. The van der Waals surface area contributed by atoms with Crippen LogP contribution in [-0.2, 0) is 14.3 Å². The molecule has 0 unspecified atom stereocenters. The first-order valence-corrected chi connectivity index (χ1v) is 9.40. The maximum atomic E-state index is 12.6. The van der Waals surface area contributed by atoms with Crippen LogP contribution in [0.1, 0.15) is 26.7 Å². The Labute approximate surface area is 139 Å². The third kappa shape index (κ3) is 3.85. The fourth-order valence-corrected chi connectivity index (χ4v) is 3.84. The van der Waals surface area contributed by atoms with Gasteiger partial charge in [0.05, 0.1) is 6.61 Å². The molecule has 0 radical (unpaired) electrons. The minimum atomic E-state index is -3.76. The van der Waals surface area contributed by atoms with Gasteiger partial charge in [-0.25, -0.2) is 0 Å². The van der Waals surface area contributed by atoms with Crippen LogP contribution >= 0.6 is 0 Å². The number of hydrogen-bond donors (Lipinski definition) is 0. The van der Waals surface area contributed by atoms with Crippen LogP contribution in [-0.4, -0.2) is 29.1 Å². The number of benzene rings is 2. The van der Waals surface area contributed by atoms with Crippen LogP contribution in [0.2, 0.25) is 0 Å². The predicted molar refractivity (Wildman–Crippen MR) is 95.5 cm³/mol. The van der Waals surface area contributed by atoms with Crippen LogP contribution in [0.15, 0.2) is 41.3 Å². The number of hydrogen-bond acceptors (Lipinski definition) is 4. The second-order valence-corrected chi connectivity index (χ2v) is 7.53. The zero-order valence-electron chi connectivity index (χ0n) is 14.2. The lowest BCUT2D eigenvalue weighted by Gasteiger charge is -2.17. The van der Waals surface area contributed by atoms with Gasteiger partial charge in [-0.05, 0) is 18.1 Å². The zero-order valence-corrected chi connectivity index (χ0v) is 15.1. The second-order valence-electron chi connectivity index (χ2n) is 5.94. The predicted octanol–water partition coefficient (Wildman–Crippen LogP) is 4.05. The quantitative estimate of drug-likeness (QED) is 0.716. The van der Waals surface area contributed by atoms with Crippen LogP contribution in [0.3, 0.4) is 0 Å². The molecule has 0 N–H and O–H groups in total. The molecular formula is C18H25NO3S. The molecule has 0 saturated heterocycles. The van der Waals surface area contributed by atoms with E-state index in [0.29, 0.717) is 5.39 Å². The summed E-state index contributed by atoms with van der Waals surface area (Å²) >= 11 is 0. The monoisotopic (exact) mass is 335 g/mol. The summed E-state index contributed by atoms with van der Waals surface area (Å²) in [5, 5.41) is 1.60. The minimum Gasteiger partial charge on any atom is -0.377 e. The summed E-state index contributed by atoms with van der Waals surface area (Å²) in [7, 11) is 0.125. The molecular weight excluding hydrogens is 310 g/mol. The Kier molecular flexibility index (Phi) is 5.65. The summed E-state index contributed by atoms with van der Waals surface area (Å²) in [6.07, 6.45) is 1.82. The zero-order chi connectivity index (χ0) is 17.0. The van der Waals surface area contributed by atoms with Crippen molar-refractivity contribution in [3.63, 3.8) is 0 Å². The molecule has 0 aliphatic rings. The van der Waals surface area contributed by atoms with E-state index in [2.05, 4.69) is 0 Å². The van der Waals surface area contributed by atoms with Gasteiger partial charge in [-0.2, -0.15) is 8.42 Å². The first kappa shape index (κ1) is 17.8. The molecule has 0 aliphatic carbocycles. The Bertz CT molecular complexity index is 765. The van der Waals surface area contributed by atoms with Crippen LogP contribution in [0.25, 0.3) is 10.8 Å². The van der Waals surface area contributed by atoms with Gasteiger partial charge in [-0.15, -0.1) is 0 Å². The van der Waals surface area contributed by atoms with Crippen molar-refractivity contribution >= 4 is 26.6 Å². The van der Waals surface area contributed by atoms with Gasteiger partial charge in [-0.1, -0.05) is 51.0 Å². The fraction of sp³-hybridized carbons (Fsp3) is 0.444. The van der Waals surface area contributed by atoms with E-state index in [4.69, 9.17) is 4.18 Å². The lowest BCUT2D eigenvalue weighted by Crippen LogP contribution is -2.14. The molecule has 0 heterocycles. The number of nitrogens with zero attached hydrogens (tertiary/aromatic N) is 1. The topological polar surface area (TPSA) is 46.6 Å². The van der Waals surface area contributed by atoms with Crippen molar-refractivity contribution in [3.05, 3.63) is 36.4 Å². The van der Waals surface area contributed by atoms with E-state index >= 15 is 0 Å². The highest BCUT2D eigenvalue weighted by atomic mass is 32.2. The van der Waals surface area contributed by atoms with Gasteiger partial charge in [-0.3, -0.25) is 4.18 Å². The Balaban J connectivity index is 2.45. The van der Waals surface area contributed by atoms with Gasteiger partial charge in [0.15, 0.2) is 0 Å². The van der Waals surface area contributed by atoms with Crippen molar-refractivity contribution < 1.29 is 12.6 Å². The average molecular weight is 335 g/mol. The van der Waals surface area contributed by atoms with Crippen molar-refractivity contribution in [1.29, 1.82) is 0 Å². The van der Waals surface area contributed by atoms with Gasteiger partial charge in [0, 0.05) is 30.6 Å². The highest BCUT2D eigenvalue weighted by molar-refractivity contribution is 7.87. The van der Waals surface area contributed by atoms with Gasteiger partial charge >= 0.3 is 0 Å². The van der Waals surface area contributed by atoms with Crippen LogP contribution in [0, 0.1) is 5.92 Å². The standard InChI is InChI=1S/C18H25NO3S/c1-5-14(6-2)13-22-23(20,21)18-12-8-9-15-16(18)10-7-11-17(15)19(3)4/h7-12,14H,5-6,13H2,1-4H3. The van der Waals surface area contributed by atoms with Crippen LogP contribution in [0.4, 0.5) is 5.69 Å². The summed E-state index contributed by atoms with van der Waals surface area (Å²) in [4.78, 5) is 2.22. The molecule has 23 heavy (non-hydrogen) atoms. The smallest absolute Gasteiger partial charge is 0.297 e. The Hall–Kier alpha value is -1.59. The van der Waals surface area contributed by atoms with Gasteiger partial charge in [0.25, 0.3) is 10.1 Å². The first-order valence-electron chi connectivity index (χ1n) is 7.99. The van der Waals surface area contributed by atoms with Crippen LogP contribution < -0.4 is 4.90 Å². The van der Waals surface area contributed by atoms with E-state index in [1.54, 1.807) is 12.1 Å². The Morgan fingerprint density at radius 2 is 1.61 bits per heavy atom. The largest absolute Gasteiger partial charge is 0.377 e. The molecule has 4 nitrogen and oxygen atoms in total. The Morgan fingerprint density at radius 3 is 2.22 bits per heavy atom. The number of anilines is 1. The van der Waals surface area contributed by atoms with Crippen molar-refractivity contribution in [2.75, 3.05) is 25.6 Å². The maximum Gasteiger partial charge on any atom is 0.297 e. The third-order valence-corrected chi connectivity index (χ3v) is 5.56. The maximum absolute atomic E-state index is 12.6. The Morgan fingerprint density at radius 1 is 1.00 bits per heavy atom. The summed E-state index contributed by atoms with van der Waals surface area (Å²) in [5.74, 6) is 0.261. The van der Waals surface area contributed by atoms with E-state index in [1.165, 1.54) is 0 Å².